The van der Waals surface area contributed by atoms with Crippen LogP contribution in [0.3, 0.4) is 0 Å². The Hall–Kier alpha value is -2.62. The number of carbonyl (C=O) groups is 2. The van der Waals surface area contributed by atoms with Crippen LogP contribution in [0.4, 0.5) is 0 Å². The Morgan fingerprint density at radius 3 is 1.36 bits per heavy atom. The molecule has 4 heteroatoms. The van der Waals surface area contributed by atoms with Gasteiger partial charge >= 0.3 is 0 Å². The highest BCUT2D eigenvalue weighted by Crippen LogP contribution is 1.99. The molecule has 0 aliphatic heterocycles. The van der Waals surface area contributed by atoms with Crippen LogP contribution in [0.15, 0.2) is 60.7 Å². The van der Waals surface area contributed by atoms with E-state index in [1.54, 1.807) is 24.3 Å². The van der Waals surface area contributed by atoms with E-state index in [9.17, 15) is 9.59 Å². The molecule has 2 rings (SSSR count). The second kappa shape index (κ2) is 8.62. The number of unbranched alkanes of at least 4 members (excludes halogenated alkanes) is 1. The molecular formula is C18H20N2O2. The Morgan fingerprint density at radius 1 is 0.636 bits per heavy atom. The van der Waals surface area contributed by atoms with Gasteiger partial charge in [-0.05, 0) is 37.1 Å². The van der Waals surface area contributed by atoms with Crippen LogP contribution in [-0.2, 0) is 0 Å². The molecule has 4 nitrogen and oxygen atoms in total. The third-order valence-electron chi connectivity index (χ3n) is 3.25. The maximum absolute atomic E-state index is 11.8. The highest BCUT2D eigenvalue weighted by Gasteiger charge is 2.04. The fraction of sp³-hybridized carbons (Fsp3) is 0.222. The molecular weight excluding hydrogens is 276 g/mol. The number of carbonyl (C=O) groups excluding carboxylic acids is 2. The first-order valence-corrected chi connectivity index (χ1v) is 7.44. The van der Waals surface area contributed by atoms with E-state index in [1.165, 1.54) is 0 Å². The third-order valence-corrected chi connectivity index (χ3v) is 3.25. The van der Waals surface area contributed by atoms with E-state index in [0.717, 1.165) is 12.8 Å². The molecule has 0 atom stereocenters. The predicted octanol–water partition coefficient (Wildman–Crippen LogP) is 2.63. The van der Waals surface area contributed by atoms with Gasteiger partial charge in [0.1, 0.15) is 0 Å². The van der Waals surface area contributed by atoms with Gasteiger partial charge in [-0.15, -0.1) is 0 Å². The zero-order chi connectivity index (χ0) is 15.6. The second-order valence-electron chi connectivity index (χ2n) is 4.95. The van der Waals surface area contributed by atoms with Crippen LogP contribution in [0.5, 0.6) is 0 Å². The van der Waals surface area contributed by atoms with Crippen LogP contribution in [-0.4, -0.2) is 24.9 Å². The summed E-state index contributed by atoms with van der Waals surface area (Å²) in [5.74, 6) is -0.122. The Kier molecular flexibility index (Phi) is 6.18. The molecule has 2 aromatic rings. The fourth-order valence-corrected chi connectivity index (χ4v) is 2.04. The van der Waals surface area contributed by atoms with Gasteiger partial charge in [0, 0.05) is 24.2 Å². The van der Waals surface area contributed by atoms with E-state index in [2.05, 4.69) is 10.6 Å². The largest absolute Gasteiger partial charge is 0.352 e. The molecule has 2 amide bonds. The molecule has 0 heterocycles. The van der Waals surface area contributed by atoms with Gasteiger partial charge < -0.3 is 10.6 Å². The van der Waals surface area contributed by atoms with Crippen molar-refractivity contribution in [3.8, 4) is 0 Å². The van der Waals surface area contributed by atoms with Crippen LogP contribution in [0, 0.1) is 0 Å². The van der Waals surface area contributed by atoms with Crippen LogP contribution in [0.2, 0.25) is 0 Å². The highest BCUT2D eigenvalue weighted by atomic mass is 16.2. The quantitative estimate of drug-likeness (QED) is 0.772. The molecule has 0 aliphatic rings. The summed E-state index contributed by atoms with van der Waals surface area (Å²) in [6.45, 7) is 1.21. The van der Waals surface area contributed by atoms with Crippen molar-refractivity contribution in [2.75, 3.05) is 13.1 Å². The number of benzene rings is 2. The van der Waals surface area contributed by atoms with E-state index in [-0.39, 0.29) is 11.8 Å². The van der Waals surface area contributed by atoms with Gasteiger partial charge in [-0.25, -0.2) is 0 Å². The van der Waals surface area contributed by atoms with E-state index < -0.39 is 0 Å². The number of nitrogens with one attached hydrogen (secondary N) is 2. The summed E-state index contributed by atoms with van der Waals surface area (Å²) in [7, 11) is 0. The molecule has 0 unspecified atom stereocenters. The van der Waals surface area contributed by atoms with Gasteiger partial charge in [0.05, 0.1) is 0 Å². The van der Waals surface area contributed by atoms with Gasteiger partial charge in [0.2, 0.25) is 0 Å². The van der Waals surface area contributed by atoms with Gasteiger partial charge in [-0.3, -0.25) is 9.59 Å². The van der Waals surface area contributed by atoms with Gasteiger partial charge in [-0.1, -0.05) is 36.4 Å². The topological polar surface area (TPSA) is 58.2 Å². The molecule has 2 aromatic carbocycles. The average molecular weight is 296 g/mol. The first-order valence-electron chi connectivity index (χ1n) is 7.44. The lowest BCUT2D eigenvalue weighted by Gasteiger charge is -2.06. The first kappa shape index (κ1) is 15.8. The normalized spacial score (nSPS) is 10.0. The fourth-order valence-electron chi connectivity index (χ4n) is 2.04. The monoisotopic (exact) mass is 296 g/mol. The average Bonchev–Trinajstić information content (AvgIpc) is 2.59. The molecule has 114 valence electrons. The minimum absolute atomic E-state index is 0.0612. The van der Waals surface area contributed by atoms with Crippen molar-refractivity contribution in [2.24, 2.45) is 0 Å². The van der Waals surface area contributed by atoms with Gasteiger partial charge in [0.25, 0.3) is 11.8 Å². The summed E-state index contributed by atoms with van der Waals surface area (Å²) >= 11 is 0. The Morgan fingerprint density at radius 2 is 1.00 bits per heavy atom. The number of hydrogen-bond donors (Lipinski definition) is 2. The summed E-state index contributed by atoms with van der Waals surface area (Å²) in [4.78, 5) is 23.6. The zero-order valence-electron chi connectivity index (χ0n) is 12.4. The summed E-state index contributed by atoms with van der Waals surface area (Å²) in [5, 5.41) is 5.73. The molecule has 0 bridgehead atoms. The maximum atomic E-state index is 11.8. The summed E-state index contributed by atoms with van der Waals surface area (Å²) in [5.41, 5.74) is 1.33. The summed E-state index contributed by atoms with van der Waals surface area (Å²) < 4.78 is 0. The highest BCUT2D eigenvalue weighted by molar-refractivity contribution is 5.94. The number of hydrogen-bond acceptors (Lipinski definition) is 2. The Balaban J connectivity index is 1.58. The van der Waals surface area contributed by atoms with E-state index in [4.69, 9.17) is 0 Å². The lowest BCUT2D eigenvalue weighted by Crippen LogP contribution is -2.27. The van der Waals surface area contributed by atoms with E-state index in [1.807, 2.05) is 36.4 Å². The van der Waals surface area contributed by atoms with E-state index in [0.29, 0.717) is 24.2 Å². The number of amides is 2. The SMILES string of the molecule is O=C(NCCCCNC(=O)c1ccccc1)c1ccccc1. The minimum Gasteiger partial charge on any atom is -0.352 e. The summed E-state index contributed by atoms with van der Waals surface area (Å²) in [6, 6.07) is 18.3. The Labute approximate surface area is 130 Å². The predicted molar refractivity (Wildman–Crippen MR) is 86.8 cm³/mol. The Bertz CT molecular complexity index is 541. The smallest absolute Gasteiger partial charge is 0.251 e. The molecule has 0 fully saturated rings. The molecule has 0 aliphatic carbocycles. The molecule has 0 saturated carbocycles. The molecule has 22 heavy (non-hydrogen) atoms. The van der Waals surface area contributed by atoms with Crippen molar-refractivity contribution in [1.82, 2.24) is 10.6 Å². The molecule has 0 aromatic heterocycles. The van der Waals surface area contributed by atoms with E-state index >= 15 is 0 Å². The van der Waals surface area contributed by atoms with Crippen LogP contribution in [0.25, 0.3) is 0 Å². The zero-order valence-corrected chi connectivity index (χ0v) is 12.4. The van der Waals surface area contributed by atoms with Crippen LogP contribution < -0.4 is 10.6 Å². The third kappa shape index (κ3) is 5.05. The van der Waals surface area contributed by atoms with Crippen LogP contribution in [0.1, 0.15) is 33.6 Å². The van der Waals surface area contributed by atoms with Crippen molar-refractivity contribution in [3.63, 3.8) is 0 Å². The summed E-state index contributed by atoms with van der Waals surface area (Å²) in [6.07, 6.45) is 1.65. The molecule has 0 radical (unpaired) electrons. The first-order chi connectivity index (χ1) is 10.8. The van der Waals surface area contributed by atoms with Crippen LogP contribution >= 0.6 is 0 Å². The number of rotatable bonds is 7. The van der Waals surface area contributed by atoms with Gasteiger partial charge in [-0.2, -0.15) is 0 Å². The molecule has 2 N–H and O–H groups in total. The van der Waals surface area contributed by atoms with Crippen molar-refractivity contribution in [2.45, 2.75) is 12.8 Å². The molecule has 0 spiro atoms. The van der Waals surface area contributed by atoms with Crippen molar-refractivity contribution >= 4 is 11.8 Å². The lowest BCUT2D eigenvalue weighted by atomic mass is 10.2. The van der Waals surface area contributed by atoms with Crippen molar-refractivity contribution in [1.29, 1.82) is 0 Å². The van der Waals surface area contributed by atoms with Crippen molar-refractivity contribution < 1.29 is 9.59 Å². The molecule has 0 saturated heterocycles. The second-order valence-corrected chi connectivity index (χ2v) is 4.95. The minimum atomic E-state index is -0.0612. The lowest BCUT2D eigenvalue weighted by molar-refractivity contribution is 0.0939. The van der Waals surface area contributed by atoms with Crippen molar-refractivity contribution in [3.05, 3.63) is 71.8 Å². The standard InChI is InChI=1S/C18H20N2O2/c21-17(15-9-3-1-4-10-15)19-13-7-8-14-20-18(22)16-11-5-2-6-12-16/h1-6,9-12H,7-8,13-14H2,(H,19,21)(H,20,22). The maximum Gasteiger partial charge on any atom is 0.251 e. The van der Waals surface area contributed by atoms with Gasteiger partial charge in [0.15, 0.2) is 0 Å².